The average molecular weight is 307 g/mol. The van der Waals surface area contributed by atoms with Crippen molar-refractivity contribution < 1.29 is 13.9 Å². The average Bonchev–Trinajstić information content (AvgIpc) is 2.82. The van der Waals surface area contributed by atoms with Crippen LogP contribution in [0.1, 0.15) is 18.7 Å². The van der Waals surface area contributed by atoms with Gasteiger partial charge in [0, 0.05) is 25.6 Å². The van der Waals surface area contributed by atoms with E-state index in [1.165, 1.54) is 7.11 Å². The molecule has 0 bridgehead atoms. The van der Waals surface area contributed by atoms with Crippen LogP contribution >= 0.6 is 12.2 Å². The summed E-state index contributed by atoms with van der Waals surface area (Å²) in [4.78, 5) is 15.2. The van der Waals surface area contributed by atoms with Crippen LogP contribution in [-0.4, -0.2) is 29.7 Å². The van der Waals surface area contributed by atoms with E-state index in [1.54, 1.807) is 6.92 Å². The van der Waals surface area contributed by atoms with Crippen LogP contribution in [0, 0.1) is 6.92 Å². The predicted molar refractivity (Wildman–Crippen MR) is 84.2 cm³/mol. The Balaban J connectivity index is 1.82. The van der Waals surface area contributed by atoms with Gasteiger partial charge >= 0.3 is 5.97 Å². The monoisotopic (exact) mass is 307 g/mol. The highest BCUT2D eigenvalue weighted by molar-refractivity contribution is 7.80. The number of fused-ring (bicyclic) bond motifs is 1. The Kier molecular flexibility index (Phi) is 5.10. The number of benzene rings is 1. The van der Waals surface area contributed by atoms with Crippen LogP contribution in [0.2, 0.25) is 0 Å². The van der Waals surface area contributed by atoms with E-state index in [0.29, 0.717) is 30.4 Å². The summed E-state index contributed by atoms with van der Waals surface area (Å²) in [7, 11) is 1.38. The molecule has 0 aliphatic heterocycles. The van der Waals surface area contributed by atoms with Crippen molar-refractivity contribution in [3.63, 3.8) is 0 Å². The van der Waals surface area contributed by atoms with Gasteiger partial charge in [-0.2, -0.15) is 0 Å². The molecular weight excluding hydrogens is 290 g/mol. The number of carbonyl (C=O) groups excluding carboxylic acids is 1. The first-order valence-electron chi connectivity index (χ1n) is 6.57. The zero-order chi connectivity index (χ0) is 15.2. The molecule has 7 heteroatoms. The minimum Gasteiger partial charge on any atom is -0.469 e. The molecule has 1 heterocycles. The summed E-state index contributed by atoms with van der Waals surface area (Å²) < 4.78 is 9.97. The van der Waals surface area contributed by atoms with Gasteiger partial charge in [-0.05, 0) is 36.8 Å². The predicted octanol–water partition coefficient (Wildman–Crippen LogP) is 2.38. The first kappa shape index (κ1) is 15.2. The molecule has 2 aromatic rings. The number of hydrogen-bond acceptors (Lipinski definition) is 5. The third-order valence-corrected chi connectivity index (χ3v) is 3.07. The minimum absolute atomic E-state index is 0.220. The van der Waals surface area contributed by atoms with Crippen molar-refractivity contribution in [2.45, 2.75) is 19.8 Å². The Labute approximate surface area is 127 Å². The number of nitrogens with zero attached hydrogens (tertiary/aromatic N) is 1. The van der Waals surface area contributed by atoms with E-state index in [2.05, 4.69) is 20.4 Å². The van der Waals surface area contributed by atoms with E-state index < -0.39 is 0 Å². The quantitative estimate of drug-likeness (QED) is 0.499. The fraction of sp³-hybridized carbons (Fsp3) is 0.357. The maximum Gasteiger partial charge on any atom is 0.305 e. The summed E-state index contributed by atoms with van der Waals surface area (Å²) in [6, 6.07) is 5.58. The SMILES string of the molecule is COC(=O)CCCNC(=S)Nc1ccc2oc(C)nc2c1. The largest absolute Gasteiger partial charge is 0.469 e. The molecule has 0 unspecified atom stereocenters. The van der Waals surface area contributed by atoms with Crippen molar-refractivity contribution in [2.24, 2.45) is 0 Å². The topological polar surface area (TPSA) is 76.4 Å². The molecule has 0 aliphatic rings. The summed E-state index contributed by atoms with van der Waals surface area (Å²) >= 11 is 5.19. The van der Waals surface area contributed by atoms with Crippen LogP contribution in [0.25, 0.3) is 11.1 Å². The van der Waals surface area contributed by atoms with Gasteiger partial charge in [0.05, 0.1) is 7.11 Å². The lowest BCUT2D eigenvalue weighted by molar-refractivity contribution is -0.140. The zero-order valence-corrected chi connectivity index (χ0v) is 12.8. The van der Waals surface area contributed by atoms with Gasteiger partial charge in [-0.1, -0.05) is 0 Å². The standard InChI is InChI=1S/C14H17N3O3S/c1-9-16-11-8-10(5-6-12(11)20-9)17-14(21)15-7-3-4-13(18)19-2/h5-6,8H,3-4,7H2,1-2H3,(H2,15,17,21). The van der Waals surface area contributed by atoms with Gasteiger partial charge in [-0.3, -0.25) is 4.79 Å². The number of thiocarbonyl (C=S) groups is 1. The molecule has 1 aromatic heterocycles. The van der Waals surface area contributed by atoms with Gasteiger partial charge < -0.3 is 19.8 Å². The highest BCUT2D eigenvalue weighted by Gasteiger charge is 2.04. The van der Waals surface area contributed by atoms with Gasteiger partial charge in [0.1, 0.15) is 5.52 Å². The number of methoxy groups -OCH3 is 1. The lowest BCUT2D eigenvalue weighted by atomic mass is 10.3. The van der Waals surface area contributed by atoms with Gasteiger partial charge in [0.25, 0.3) is 0 Å². The van der Waals surface area contributed by atoms with E-state index in [1.807, 2.05) is 18.2 Å². The number of rotatable bonds is 5. The van der Waals surface area contributed by atoms with Crippen LogP contribution in [0.5, 0.6) is 0 Å². The number of nitrogens with one attached hydrogen (secondary N) is 2. The molecule has 0 radical (unpaired) electrons. The lowest BCUT2D eigenvalue weighted by Gasteiger charge is -2.10. The van der Waals surface area contributed by atoms with Crippen LogP contribution < -0.4 is 10.6 Å². The van der Waals surface area contributed by atoms with Gasteiger partial charge in [0.15, 0.2) is 16.6 Å². The van der Waals surface area contributed by atoms with Crippen molar-refractivity contribution in [3.8, 4) is 0 Å². The number of aryl methyl sites for hydroxylation is 1. The number of carbonyl (C=O) groups is 1. The second kappa shape index (κ2) is 7.03. The molecular formula is C14H17N3O3S. The fourth-order valence-electron chi connectivity index (χ4n) is 1.83. The van der Waals surface area contributed by atoms with Crippen molar-refractivity contribution in [1.82, 2.24) is 10.3 Å². The Morgan fingerprint density at radius 2 is 2.29 bits per heavy atom. The summed E-state index contributed by atoms with van der Waals surface area (Å²) in [6.07, 6.45) is 1.03. The molecule has 6 nitrogen and oxygen atoms in total. The molecule has 2 N–H and O–H groups in total. The third kappa shape index (κ3) is 4.42. The molecule has 112 valence electrons. The van der Waals surface area contributed by atoms with Crippen molar-refractivity contribution in [3.05, 3.63) is 24.1 Å². The number of anilines is 1. The van der Waals surface area contributed by atoms with Crippen LogP contribution in [0.3, 0.4) is 0 Å². The molecule has 0 fully saturated rings. The fourth-order valence-corrected chi connectivity index (χ4v) is 2.05. The third-order valence-electron chi connectivity index (χ3n) is 2.82. The summed E-state index contributed by atoms with van der Waals surface area (Å²) in [6.45, 7) is 2.41. The maximum absolute atomic E-state index is 11.0. The highest BCUT2D eigenvalue weighted by Crippen LogP contribution is 2.19. The number of oxazole rings is 1. The molecule has 0 atom stereocenters. The number of esters is 1. The summed E-state index contributed by atoms with van der Waals surface area (Å²) in [5, 5.41) is 6.60. The number of aromatic nitrogens is 1. The van der Waals surface area contributed by atoms with E-state index >= 15 is 0 Å². The molecule has 0 spiro atoms. The molecule has 0 amide bonds. The number of ether oxygens (including phenoxy) is 1. The smallest absolute Gasteiger partial charge is 0.305 e. The van der Waals surface area contributed by atoms with E-state index in [9.17, 15) is 4.79 Å². The van der Waals surface area contributed by atoms with Crippen LogP contribution in [0.15, 0.2) is 22.6 Å². The molecule has 1 aromatic carbocycles. The molecule has 0 saturated carbocycles. The summed E-state index contributed by atoms with van der Waals surface area (Å²) in [5.41, 5.74) is 2.36. The van der Waals surface area contributed by atoms with Crippen LogP contribution in [-0.2, 0) is 9.53 Å². The normalized spacial score (nSPS) is 10.4. The van der Waals surface area contributed by atoms with E-state index in [0.717, 1.165) is 16.8 Å². The molecule has 21 heavy (non-hydrogen) atoms. The highest BCUT2D eigenvalue weighted by atomic mass is 32.1. The Hall–Kier alpha value is -2.15. The van der Waals surface area contributed by atoms with Crippen LogP contribution in [0.4, 0.5) is 5.69 Å². The zero-order valence-electron chi connectivity index (χ0n) is 11.9. The summed E-state index contributed by atoms with van der Waals surface area (Å²) in [5.74, 6) is 0.410. The maximum atomic E-state index is 11.0. The Morgan fingerprint density at radius 1 is 1.48 bits per heavy atom. The van der Waals surface area contributed by atoms with E-state index in [-0.39, 0.29) is 5.97 Å². The Morgan fingerprint density at radius 3 is 3.05 bits per heavy atom. The second-order valence-corrected chi connectivity index (χ2v) is 4.88. The first-order chi connectivity index (χ1) is 10.1. The van der Waals surface area contributed by atoms with Gasteiger partial charge in [0.2, 0.25) is 0 Å². The first-order valence-corrected chi connectivity index (χ1v) is 6.98. The second-order valence-electron chi connectivity index (χ2n) is 4.48. The van der Waals surface area contributed by atoms with Gasteiger partial charge in [-0.15, -0.1) is 0 Å². The Bertz CT molecular complexity index is 654. The molecule has 0 saturated heterocycles. The molecule has 2 rings (SSSR count). The lowest BCUT2D eigenvalue weighted by Crippen LogP contribution is -2.29. The van der Waals surface area contributed by atoms with E-state index in [4.69, 9.17) is 16.6 Å². The number of hydrogen-bond donors (Lipinski definition) is 2. The van der Waals surface area contributed by atoms with Gasteiger partial charge in [-0.25, -0.2) is 4.98 Å². The molecule has 0 aliphatic carbocycles. The van der Waals surface area contributed by atoms with Crippen molar-refractivity contribution in [2.75, 3.05) is 19.0 Å². The minimum atomic E-state index is -0.220. The van der Waals surface area contributed by atoms with Crippen molar-refractivity contribution in [1.29, 1.82) is 0 Å². The van der Waals surface area contributed by atoms with Crippen molar-refractivity contribution >= 4 is 40.1 Å².